The van der Waals surface area contributed by atoms with Crippen molar-refractivity contribution in [2.75, 3.05) is 32.7 Å². The first-order valence-corrected chi connectivity index (χ1v) is 6.94. The molecule has 0 aromatic heterocycles. The predicted molar refractivity (Wildman–Crippen MR) is 74.0 cm³/mol. The quantitative estimate of drug-likeness (QED) is 0.797. The molecule has 0 N–H and O–H groups in total. The molecule has 114 valence electrons. The van der Waals surface area contributed by atoms with E-state index in [9.17, 15) is 18.4 Å². The van der Waals surface area contributed by atoms with Crippen LogP contribution in [0.2, 0.25) is 0 Å². The fourth-order valence-corrected chi connectivity index (χ4v) is 2.49. The van der Waals surface area contributed by atoms with E-state index in [1.165, 1.54) is 13.0 Å². The summed E-state index contributed by atoms with van der Waals surface area (Å²) in [6, 6.07) is 3.39. The molecule has 0 radical (unpaired) electrons. The lowest BCUT2D eigenvalue weighted by Crippen LogP contribution is -2.36. The maximum atomic E-state index is 13.6. The van der Waals surface area contributed by atoms with Crippen LogP contribution in [0.4, 0.5) is 8.78 Å². The Balaban J connectivity index is 2.01. The zero-order valence-electron chi connectivity index (χ0n) is 11.9. The highest BCUT2D eigenvalue weighted by Crippen LogP contribution is 2.14. The predicted octanol–water partition coefficient (Wildman–Crippen LogP) is 1.70. The number of benzene rings is 1. The Kier molecular flexibility index (Phi) is 5.01. The molecule has 1 saturated heterocycles. The fraction of sp³-hybridized carbons (Fsp3) is 0.467. The second-order valence-electron chi connectivity index (χ2n) is 5.16. The summed E-state index contributed by atoms with van der Waals surface area (Å²) in [5, 5.41) is 0. The largest absolute Gasteiger partial charge is 0.342 e. The number of carbonyl (C=O) groups is 2. The number of Topliss-reactive ketones (excluding diaryl/α,β-unsaturated/α-hetero) is 1. The van der Waals surface area contributed by atoms with Crippen LogP contribution in [0.25, 0.3) is 0 Å². The maximum Gasteiger partial charge on any atom is 0.219 e. The third-order valence-corrected chi connectivity index (χ3v) is 3.64. The molecule has 0 unspecified atom stereocenters. The number of hydrogen-bond donors (Lipinski definition) is 0. The highest BCUT2D eigenvalue weighted by Gasteiger charge is 2.22. The number of ketones is 1. The molecule has 1 amide bonds. The van der Waals surface area contributed by atoms with Crippen LogP contribution in [0.1, 0.15) is 23.7 Å². The Morgan fingerprint density at radius 3 is 2.38 bits per heavy atom. The van der Waals surface area contributed by atoms with Gasteiger partial charge in [0, 0.05) is 33.1 Å². The minimum absolute atomic E-state index is 0.00308. The van der Waals surface area contributed by atoms with Gasteiger partial charge >= 0.3 is 0 Å². The molecule has 1 aliphatic heterocycles. The Labute approximate surface area is 122 Å². The summed E-state index contributed by atoms with van der Waals surface area (Å²) in [6.07, 6.45) is 0.743. The summed E-state index contributed by atoms with van der Waals surface area (Å²) in [5.41, 5.74) is -0.481. The SMILES string of the molecule is CC(=O)N1CCCN(CC(=O)c2c(F)cccc2F)CC1. The van der Waals surface area contributed by atoms with Crippen LogP contribution < -0.4 is 0 Å². The van der Waals surface area contributed by atoms with Gasteiger partial charge in [-0.15, -0.1) is 0 Å². The zero-order valence-corrected chi connectivity index (χ0v) is 11.9. The molecular weight excluding hydrogens is 278 g/mol. The van der Waals surface area contributed by atoms with Crippen LogP contribution in [0.15, 0.2) is 18.2 Å². The van der Waals surface area contributed by atoms with Crippen molar-refractivity contribution in [3.05, 3.63) is 35.4 Å². The number of halogens is 2. The van der Waals surface area contributed by atoms with Gasteiger partial charge in [-0.1, -0.05) is 6.07 Å². The molecule has 1 aromatic rings. The minimum atomic E-state index is -0.833. The Morgan fingerprint density at radius 1 is 1.10 bits per heavy atom. The van der Waals surface area contributed by atoms with E-state index in [1.807, 2.05) is 4.90 Å². The molecule has 4 nitrogen and oxygen atoms in total. The Morgan fingerprint density at radius 2 is 1.76 bits per heavy atom. The monoisotopic (exact) mass is 296 g/mol. The molecule has 1 aliphatic rings. The molecule has 0 bridgehead atoms. The van der Waals surface area contributed by atoms with Gasteiger partial charge in [0.05, 0.1) is 12.1 Å². The zero-order chi connectivity index (χ0) is 15.4. The number of rotatable bonds is 3. The first-order chi connectivity index (χ1) is 9.99. The normalized spacial score (nSPS) is 16.6. The lowest BCUT2D eigenvalue weighted by Gasteiger charge is -2.20. The van der Waals surface area contributed by atoms with Gasteiger partial charge in [0.25, 0.3) is 0 Å². The first-order valence-electron chi connectivity index (χ1n) is 6.94. The van der Waals surface area contributed by atoms with E-state index in [2.05, 4.69) is 0 Å². The highest BCUT2D eigenvalue weighted by molar-refractivity contribution is 5.98. The summed E-state index contributed by atoms with van der Waals surface area (Å²) < 4.78 is 27.1. The summed E-state index contributed by atoms with van der Waals surface area (Å²) >= 11 is 0. The fourth-order valence-electron chi connectivity index (χ4n) is 2.49. The highest BCUT2D eigenvalue weighted by atomic mass is 19.1. The number of nitrogens with zero attached hydrogens (tertiary/aromatic N) is 2. The molecule has 1 aromatic carbocycles. The van der Waals surface area contributed by atoms with E-state index in [-0.39, 0.29) is 12.5 Å². The van der Waals surface area contributed by atoms with Crippen molar-refractivity contribution in [1.29, 1.82) is 0 Å². The molecule has 6 heteroatoms. The Bertz CT molecular complexity index is 528. The van der Waals surface area contributed by atoms with Gasteiger partial charge in [0.15, 0.2) is 5.78 Å². The third-order valence-electron chi connectivity index (χ3n) is 3.64. The lowest BCUT2D eigenvalue weighted by molar-refractivity contribution is -0.128. The van der Waals surface area contributed by atoms with Crippen LogP contribution in [0.3, 0.4) is 0 Å². The summed E-state index contributed by atoms with van der Waals surface area (Å²) in [5.74, 6) is -2.23. The second kappa shape index (κ2) is 6.76. The summed E-state index contributed by atoms with van der Waals surface area (Å²) in [7, 11) is 0. The van der Waals surface area contributed by atoms with E-state index in [0.29, 0.717) is 26.2 Å². The molecule has 1 fully saturated rings. The summed E-state index contributed by atoms with van der Waals surface area (Å²) in [4.78, 5) is 27.0. The van der Waals surface area contributed by atoms with Crippen molar-refractivity contribution in [2.45, 2.75) is 13.3 Å². The molecule has 0 aliphatic carbocycles. The number of amides is 1. The third kappa shape index (κ3) is 3.85. The van der Waals surface area contributed by atoms with Gasteiger partial charge < -0.3 is 4.90 Å². The van der Waals surface area contributed by atoms with Gasteiger partial charge in [-0.2, -0.15) is 0 Å². The van der Waals surface area contributed by atoms with E-state index < -0.39 is 23.0 Å². The van der Waals surface area contributed by atoms with Gasteiger partial charge in [-0.3, -0.25) is 14.5 Å². The van der Waals surface area contributed by atoms with Crippen molar-refractivity contribution in [3.63, 3.8) is 0 Å². The van der Waals surface area contributed by atoms with E-state index in [4.69, 9.17) is 0 Å². The molecule has 1 heterocycles. The van der Waals surface area contributed by atoms with Crippen LogP contribution >= 0.6 is 0 Å². The topological polar surface area (TPSA) is 40.6 Å². The van der Waals surface area contributed by atoms with Crippen LogP contribution in [0, 0.1) is 11.6 Å². The van der Waals surface area contributed by atoms with Gasteiger partial charge in [0.1, 0.15) is 11.6 Å². The maximum absolute atomic E-state index is 13.6. The molecule has 2 rings (SSSR count). The van der Waals surface area contributed by atoms with Crippen LogP contribution in [-0.2, 0) is 4.79 Å². The van der Waals surface area contributed by atoms with Gasteiger partial charge in [-0.25, -0.2) is 8.78 Å². The lowest BCUT2D eigenvalue weighted by atomic mass is 10.1. The molecule has 21 heavy (non-hydrogen) atoms. The molecule has 0 atom stereocenters. The van der Waals surface area contributed by atoms with Crippen molar-refractivity contribution in [1.82, 2.24) is 9.80 Å². The average molecular weight is 296 g/mol. The van der Waals surface area contributed by atoms with E-state index in [0.717, 1.165) is 18.6 Å². The number of carbonyl (C=O) groups excluding carboxylic acids is 2. The van der Waals surface area contributed by atoms with Crippen LogP contribution in [0.5, 0.6) is 0 Å². The van der Waals surface area contributed by atoms with Gasteiger partial charge in [0.2, 0.25) is 5.91 Å². The number of hydrogen-bond acceptors (Lipinski definition) is 3. The van der Waals surface area contributed by atoms with Crippen molar-refractivity contribution >= 4 is 11.7 Å². The van der Waals surface area contributed by atoms with Crippen molar-refractivity contribution in [3.8, 4) is 0 Å². The van der Waals surface area contributed by atoms with Gasteiger partial charge in [-0.05, 0) is 18.6 Å². The average Bonchev–Trinajstić information content (AvgIpc) is 2.64. The molecule has 0 saturated carbocycles. The van der Waals surface area contributed by atoms with E-state index in [1.54, 1.807) is 4.90 Å². The Hall–Kier alpha value is -1.82. The first kappa shape index (κ1) is 15.6. The smallest absolute Gasteiger partial charge is 0.219 e. The molecule has 0 spiro atoms. The van der Waals surface area contributed by atoms with Crippen molar-refractivity contribution < 1.29 is 18.4 Å². The molecular formula is C15H18F2N2O2. The van der Waals surface area contributed by atoms with Crippen molar-refractivity contribution in [2.24, 2.45) is 0 Å². The summed E-state index contributed by atoms with van der Waals surface area (Å²) in [6.45, 7) is 3.81. The standard InChI is InChI=1S/C15H18F2N2O2/c1-11(20)19-7-3-6-18(8-9-19)10-14(21)15-12(16)4-2-5-13(15)17/h2,4-5H,3,6-10H2,1H3. The van der Waals surface area contributed by atoms with Crippen LogP contribution in [-0.4, -0.2) is 54.2 Å². The minimum Gasteiger partial charge on any atom is -0.342 e. The second-order valence-corrected chi connectivity index (χ2v) is 5.16. The van der Waals surface area contributed by atoms with E-state index >= 15 is 0 Å².